The summed E-state index contributed by atoms with van der Waals surface area (Å²) < 4.78 is 15.6. The molecule has 3 heterocycles. The molecule has 41 heavy (non-hydrogen) atoms. The van der Waals surface area contributed by atoms with Crippen molar-refractivity contribution in [3.8, 4) is 39.8 Å². The highest BCUT2D eigenvalue weighted by Gasteiger charge is 2.43. The Kier molecular flexibility index (Phi) is 4.76. The molecule has 3 nitrogen and oxygen atoms in total. The number of hydrogen-bond acceptors (Lipinski definition) is 3. The molecule has 0 bridgehead atoms. The fourth-order valence-electron chi connectivity index (χ4n) is 6.46. The predicted molar refractivity (Wildman–Crippen MR) is 172 cm³/mol. The molecule has 0 saturated heterocycles. The second-order valence-corrected chi connectivity index (χ2v) is 14.7. The maximum atomic E-state index is 6.75. The molecule has 194 valence electrons. The Morgan fingerprint density at radius 3 is 2.00 bits per heavy atom. The topological polar surface area (TPSA) is 23.4 Å². The average molecular weight is 564 g/mol. The van der Waals surface area contributed by atoms with Crippen LogP contribution in [0.25, 0.3) is 38.6 Å². The molecular weight excluding hydrogens is 541 g/mol. The summed E-state index contributed by atoms with van der Waals surface area (Å²) in [6.07, 6.45) is 0. The summed E-state index contributed by atoms with van der Waals surface area (Å²) in [5.41, 5.74) is 5.56. The molecule has 0 amide bonds. The maximum absolute atomic E-state index is 6.75. The van der Waals surface area contributed by atoms with Gasteiger partial charge in [-0.15, -0.1) is 0 Å². The van der Waals surface area contributed by atoms with Gasteiger partial charge < -0.3 is 14.0 Å². The van der Waals surface area contributed by atoms with Gasteiger partial charge in [0.25, 0.3) is 0 Å². The standard InChI is InChI=1S/C36H22NO2PS/c41-40-33-16-8-6-14-30(33)38-32-21-20-25(35(36(32)40)39-31-15-7-9-17-34(31)40)23-18-19-27-26-12-4-5-13-28(26)37(29(27)22-23)24-10-2-1-3-11-24/h1-22H. The van der Waals surface area contributed by atoms with Crippen molar-refractivity contribution < 1.29 is 9.47 Å². The molecular formula is C36H22NO2PS. The van der Waals surface area contributed by atoms with E-state index in [0.717, 1.165) is 61.2 Å². The van der Waals surface area contributed by atoms with Crippen LogP contribution in [0.3, 0.4) is 0 Å². The molecule has 0 fully saturated rings. The van der Waals surface area contributed by atoms with Gasteiger partial charge in [0.2, 0.25) is 0 Å². The van der Waals surface area contributed by atoms with Gasteiger partial charge in [-0.3, -0.25) is 0 Å². The third kappa shape index (κ3) is 3.12. The van der Waals surface area contributed by atoms with Crippen molar-refractivity contribution in [1.82, 2.24) is 4.57 Å². The first-order chi connectivity index (χ1) is 20.2. The molecule has 1 unspecified atom stereocenters. The third-order valence-corrected chi connectivity index (χ3v) is 13.1. The molecule has 2 aliphatic heterocycles. The van der Waals surface area contributed by atoms with Crippen LogP contribution < -0.4 is 25.4 Å². The van der Waals surface area contributed by atoms with Crippen molar-refractivity contribution in [2.45, 2.75) is 0 Å². The lowest BCUT2D eigenvalue weighted by Crippen LogP contribution is -2.35. The summed E-state index contributed by atoms with van der Waals surface area (Å²) in [4.78, 5) is 0. The van der Waals surface area contributed by atoms with Crippen LogP contribution in [0.4, 0.5) is 0 Å². The van der Waals surface area contributed by atoms with Gasteiger partial charge in [-0.25, -0.2) is 0 Å². The minimum Gasteiger partial charge on any atom is -0.456 e. The molecule has 2 aliphatic rings. The highest BCUT2D eigenvalue weighted by atomic mass is 32.4. The summed E-state index contributed by atoms with van der Waals surface area (Å²) in [5.74, 6) is 3.27. The number of ether oxygens (including phenoxy) is 2. The van der Waals surface area contributed by atoms with Crippen LogP contribution in [-0.4, -0.2) is 4.57 Å². The third-order valence-electron chi connectivity index (χ3n) is 8.25. The van der Waals surface area contributed by atoms with E-state index < -0.39 is 6.04 Å². The fraction of sp³-hybridized carbons (Fsp3) is 0. The van der Waals surface area contributed by atoms with Crippen LogP contribution in [-0.2, 0) is 11.8 Å². The zero-order valence-corrected chi connectivity index (χ0v) is 23.5. The molecule has 9 rings (SSSR count). The van der Waals surface area contributed by atoms with Crippen LogP contribution in [0.2, 0.25) is 0 Å². The quantitative estimate of drug-likeness (QED) is 0.197. The Hall–Kier alpha value is -4.63. The van der Waals surface area contributed by atoms with Crippen molar-refractivity contribution in [3.05, 3.63) is 133 Å². The lowest BCUT2D eigenvalue weighted by Gasteiger charge is -2.38. The minimum absolute atomic E-state index is 0.791. The largest absolute Gasteiger partial charge is 0.456 e. The first kappa shape index (κ1) is 23.1. The van der Waals surface area contributed by atoms with E-state index in [0.29, 0.717) is 0 Å². The van der Waals surface area contributed by atoms with Gasteiger partial charge in [-0.05, 0) is 66.2 Å². The van der Waals surface area contributed by atoms with E-state index >= 15 is 0 Å². The highest BCUT2D eigenvalue weighted by molar-refractivity contribution is 8.26. The normalized spacial score (nSPS) is 16.4. The first-order valence-corrected chi connectivity index (χ1v) is 16.4. The Bertz CT molecular complexity index is 2240. The SMILES string of the molecule is S=P12c3ccccc3Oc3ccc(-c4ccc5c6ccccc6n(-c6ccccc6)c5c4)c(c31)Oc1ccccc12. The van der Waals surface area contributed by atoms with E-state index in [-0.39, 0.29) is 0 Å². The molecule has 0 radical (unpaired) electrons. The molecule has 0 N–H and O–H groups in total. The van der Waals surface area contributed by atoms with E-state index in [2.05, 4.69) is 114 Å². The Morgan fingerprint density at radius 1 is 0.537 bits per heavy atom. The van der Waals surface area contributed by atoms with Gasteiger partial charge in [-0.1, -0.05) is 84.6 Å². The van der Waals surface area contributed by atoms with Crippen molar-refractivity contribution in [2.75, 3.05) is 0 Å². The first-order valence-electron chi connectivity index (χ1n) is 13.6. The summed E-state index contributed by atoms with van der Waals surface area (Å²) in [6.45, 7) is 0. The van der Waals surface area contributed by atoms with Gasteiger partial charge in [0, 0.05) is 32.6 Å². The zero-order chi connectivity index (χ0) is 27.1. The van der Waals surface area contributed by atoms with Crippen LogP contribution in [0.5, 0.6) is 23.0 Å². The van der Waals surface area contributed by atoms with Gasteiger partial charge in [0.15, 0.2) is 0 Å². The predicted octanol–water partition coefficient (Wildman–Crippen LogP) is 8.42. The summed E-state index contributed by atoms with van der Waals surface area (Å²) in [5, 5.41) is 5.61. The summed E-state index contributed by atoms with van der Waals surface area (Å²) in [7, 11) is 0. The number of hydrogen-bond donors (Lipinski definition) is 0. The van der Waals surface area contributed by atoms with Crippen molar-refractivity contribution in [3.63, 3.8) is 0 Å². The van der Waals surface area contributed by atoms with Crippen molar-refractivity contribution >= 4 is 55.6 Å². The van der Waals surface area contributed by atoms with Crippen LogP contribution in [0, 0.1) is 0 Å². The number of aromatic nitrogens is 1. The second kappa shape index (κ2) is 8.44. The molecule has 5 heteroatoms. The minimum atomic E-state index is -2.41. The molecule has 1 atom stereocenters. The van der Waals surface area contributed by atoms with E-state index in [4.69, 9.17) is 21.3 Å². The fourth-order valence-corrected chi connectivity index (χ4v) is 11.0. The van der Waals surface area contributed by atoms with Crippen LogP contribution in [0.1, 0.15) is 0 Å². The number of para-hydroxylation sites is 4. The van der Waals surface area contributed by atoms with E-state index in [1.54, 1.807) is 0 Å². The molecule has 0 aliphatic carbocycles. The Labute approximate surface area is 242 Å². The summed E-state index contributed by atoms with van der Waals surface area (Å²) >= 11 is 6.72. The lowest BCUT2D eigenvalue weighted by molar-refractivity contribution is 0.467. The van der Waals surface area contributed by atoms with Crippen LogP contribution in [0.15, 0.2) is 133 Å². The Balaban J connectivity index is 1.34. The van der Waals surface area contributed by atoms with Gasteiger partial charge in [-0.2, -0.15) is 0 Å². The Morgan fingerprint density at radius 2 is 1.20 bits per heavy atom. The molecule has 0 spiro atoms. The molecule has 7 aromatic rings. The van der Waals surface area contributed by atoms with Crippen molar-refractivity contribution in [1.29, 1.82) is 0 Å². The number of nitrogens with zero attached hydrogens (tertiary/aromatic N) is 1. The smallest absolute Gasteiger partial charge is 0.148 e. The zero-order valence-electron chi connectivity index (χ0n) is 21.8. The van der Waals surface area contributed by atoms with Gasteiger partial charge in [0.1, 0.15) is 23.0 Å². The molecule has 0 saturated carbocycles. The lowest BCUT2D eigenvalue weighted by atomic mass is 10.0. The second-order valence-electron chi connectivity index (χ2n) is 10.5. The maximum Gasteiger partial charge on any atom is 0.148 e. The van der Waals surface area contributed by atoms with E-state index in [1.165, 1.54) is 16.3 Å². The molecule has 1 aromatic heterocycles. The highest BCUT2D eigenvalue weighted by Crippen LogP contribution is 2.60. The monoisotopic (exact) mass is 563 g/mol. The molecule has 6 aromatic carbocycles. The number of fused-ring (bicyclic) bond motifs is 7. The number of benzene rings is 6. The van der Waals surface area contributed by atoms with Crippen molar-refractivity contribution in [2.24, 2.45) is 0 Å². The average Bonchev–Trinajstić information content (AvgIpc) is 3.35. The summed E-state index contributed by atoms with van der Waals surface area (Å²) in [6, 6.07) is 44.1. The van der Waals surface area contributed by atoms with Gasteiger partial charge in [0.05, 0.1) is 22.4 Å². The number of rotatable bonds is 2. The van der Waals surface area contributed by atoms with Crippen LogP contribution >= 0.6 is 6.04 Å². The van der Waals surface area contributed by atoms with E-state index in [9.17, 15) is 0 Å². The van der Waals surface area contributed by atoms with E-state index in [1.807, 2.05) is 24.3 Å². The van der Waals surface area contributed by atoms with Gasteiger partial charge >= 0.3 is 0 Å².